The van der Waals surface area contributed by atoms with Gasteiger partial charge in [-0.2, -0.15) is 4.31 Å². The van der Waals surface area contributed by atoms with E-state index in [-0.39, 0.29) is 23.0 Å². The van der Waals surface area contributed by atoms with Gasteiger partial charge < -0.3 is 9.47 Å². The number of non-ortho nitro benzene ring substituents is 1. The molecule has 1 aromatic heterocycles. The van der Waals surface area contributed by atoms with Crippen LogP contribution in [0, 0.1) is 10.1 Å². The average molecular weight is 469 g/mol. The first kappa shape index (κ1) is 21.6. The lowest BCUT2D eigenvalue weighted by atomic mass is 9.97. The van der Waals surface area contributed by atoms with Crippen LogP contribution in [0.25, 0.3) is 10.9 Å². The highest BCUT2D eigenvalue weighted by molar-refractivity contribution is 7.89. The van der Waals surface area contributed by atoms with Crippen LogP contribution in [0.5, 0.6) is 0 Å². The Bertz CT molecular complexity index is 1350. The number of hydrogen-bond donors (Lipinski definition) is 0. The summed E-state index contributed by atoms with van der Waals surface area (Å²) in [6.07, 6.45) is 2.25. The number of aromatic nitrogens is 1. The van der Waals surface area contributed by atoms with Gasteiger partial charge in [-0.25, -0.2) is 8.42 Å². The van der Waals surface area contributed by atoms with Crippen molar-refractivity contribution < 1.29 is 18.1 Å². The van der Waals surface area contributed by atoms with Crippen LogP contribution in [-0.2, 0) is 21.9 Å². The maximum atomic E-state index is 13.6. The molecule has 3 heterocycles. The number of para-hydroxylation sites is 1. The smallest absolute Gasteiger partial charge is 0.269 e. The fourth-order valence-electron chi connectivity index (χ4n) is 5.15. The lowest BCUT2D eigenvalue weighted by Gasteiger charge is -2.45. The van der Waals surface area contributed by atoms with E-state index in [0.717, 1.165) is 29.4 Å². The molecule has 3 aromatic rings. The minimum atomic E-state index is -4.03. The molecule has 0 unspecified atom stereocenters. The Morgan fingerprint density at radius 3 is 2.48 bits per heavy atom. The fourth-order valence-corrected chi connectivity index (χ4v) is 6.76. The van der Waals surface area contributed by atoms with Crippen LogP contribution in [0.4, 0.5) is 5.69 Å². The summed E-state index contributed by atoms with van der Waals surface area (Å²) >= 11 is 0. The number of rotatable bonds is 4. The minimum absolute atomic E-state index is 0.0469. The first-order chi connectivity index (χ1) is 15.8. The molecule has 2 saturated heterocycles. The molecule has 2 atom stereocenters. The number of nitrogens with zero attached hydrogens (tertiary/aromatic N) is 4. The summed E-state index contributed by atoms with van der Waals surface area (Å²) in [6.45, 7) is 0.359. The van der Waals surface area contributed by atoms with Gasteiger partial charge >= 0.3 is 0 Å². The van der Waals surface area contributed by atoms with Gasteiger partial charge in [0, 0.05) is 36.9 Å². The van der Waals surface area contributed by atoms with E-state index in [9.17, 15) is 23.3 Å². The van der Waals surface area contributed by atoms with E-state index in [2.05, 4.69) is 0 Å². The number of nitro groups is 1. The SMILES string of the molecule is Cn1c([C@@H]2[C@@H]3CCCCN2C(=O)CN3S(=O)(=O)c2ccc([N+](=O)[O-])cc2)cc2ccccc21. The van der Waals surface area contributed by atoms with Gasteiger partial charge in [0.2, 0.25) is 15.9 Å². The van der Waals surface area contributed by atoms with Crippen molar-refractivity contribution in [1.82, 2.24) is 13.8 Å². The van der Waals surface area contributed by atoms with E-state index in [4.69, 9.17) is 0 Å². The van der Waals surface area contributed by atoms with Crippen molar-refractivity contribution in [2.45, 2.75) is 36.2 Å². The number of fused-ring (bicyclic) bond motifs is 3. The molecule has 33 heavy (non-hydrogen) atoms. The van der Waals surface area contributed by atoms with Crippen molar-refractivity contribution in [1.29, 1.82) is 0 Å². The first-order valence-electron chi connectivity index (χ1n) is 10.9. The number of nitro benzene ring substituents is 1. The highest BCUT2D eigenvalue weighted by Gasteiger charge is 2.48. The van der Waals surface area contributed by atoms with Gasteiger partial charge in [-0.05, 0) is 42.5 Å². The predicted octanol–water partition coefficient (Wildman–Crippen LogP) is 3.21. The molecule has 0 radical (unpaired) electrons. The molecular weight excluding hydrogens is 444 g/mol. The molecule has 0 N–H and O–H groups in total. The van der Waals surface area contributed by atoms with E-state index in [0.29, 0.717) is 13.0 Å². The zero-order chi connectivity index (χ0) is 23.3. The summed E-state index contributed by atoms with van der Waals surface area (Å²) < 4.78 is 30.6. The minimum Gasteiger partial charge on any atom is -0.346 e. The molecule has 9 nitrogen and oxygen atoms in total. The monoisotopic (exact) mass is 468 g/mol. The van der Waals surface area contributed by atoms with E-state index < -0.39 is 27.0 Å². The second-order valence-corrected chi connectivity index (χ2v) is 10.5. The normalized spacial score (nSPS) is 21.8. The Hall–Kier alpha value is -3.24. The highest BCUT2D eigenvalue weighted by atomic mass is 32.2. The molecule has 5 rings (SSSR count). The summed E-state index contributed by atoms with van der Waals surface area (Å²) in [5.74, 6) is -0.228. The van der Waals surface area contributed by atoms with Crippen LogP contribution < -0.4 is 0 Å². The molecule has 2 bridgehead atoms. The quantitative estimate of drug-likeness (QED) is 0.432. The summed E-state index contributed by atoms with van der Waals surface area (Å²) in [7, 11) is -2.09. The second-order valence-electron chi connectivity index (χ2n) is 8.58. The topological polar surface area (TPSA) is 106 Å². The van der Waals surface area contributed by atoms with Crippen LogP contribution in [0.1, 0.15) is 31.0 Å². The third-order valence-electron chi connectivity index (χ3n) is 6.78. The second kappa shape index (κ2) is 7.96. The molecule has 2 aliphatic rings. The lowest BCUT2D eigenvalue weighted by Crippen LogP contribution is -2.58. The van der Waals surface area contributed by atoms with E-state index in [1.165, 1.54) is 28.6 Å². The number of benzene rings is 2. The van der Waals surface area contributed by atoms with Crippen LogP contribution in [0.2, 0.25) is 0 Å². The van der Waals surface area contributed by atoms with Crippen molar-refractivity contribution in [3.63, 3.8) is 0 Å². The maximum Gasteiger partial charge on any atom is 0.269 e. The molecule has 172 valence electrons. The largest absolute Gasteiger partial charge is 0.346 e. The summed E-state index contributed by atoms with van der Waals surface area (Å²) in [5, 5.41) is 12.0. The number of hydrogen-bond acceptors (Lipinski definition) is 5. The summed E-state index contributed by atoms with van der Waals surface area (Å²) in [6, 6.07) is 14.0. The lowest BCUT2D eigenvalue weighted by molar-refractivity contribution is -0.384. The Morgan fingerprint density at radius 2 is 1.79 bits per heavy atom. The average Bonchev–Trinajstić information content (AvgIpc) is 3.03. The van der Waals surface area contributed by atoms with Gasteiger partial charge in [-0.15, -0.1) is 0 Å². The summed E-state index contributed by atoms with van der Waals surface area (Å²) in [4.78, 5) is 25.4. The molecule has 2 aliphatic heterocycles. The summed E-state index contributed by atoms with van der Waals surface area (Å²) in [5.41, 5.74) is 1.74. The van der Waals surface area contributed by atoms with Crippen LogP contribution >= 0.6 is 0 Å². The predicted molar refractivity (Wildman–Crippen MR) is 122 cm³/mol. The maximum absolute atomic E-state index is 13.6. The van der Waals surface area contributed by atoms with Gasteiger partial charge in [-0.3, -0.25) is 14.9 Å². The van der Waals surface area contributed by atoms with Gasteiger partial charge in [-0.1, -0.05) is 24.6 Å². The fraction of sp³-hybridized carbons (Fsp3) is 0.348. The Balaban J connectivity index is 1.61. The Kier molecular flexibility index (Phi) is 5.21. The molecule has 0 aliphatic carbocycles. The van der Waals surface area contributed by atoms with Crippen LogP contribution in [0.15, 0.2) is 59.5 Å². The standard InChI is InChI=1S/C23H24N4O5S/c1-24-19-7-3-2-6-16(19)14-21(24)23-20-8-4-5-13-25(23)22(28)15-26(20)33(31,32)18-11-9-17(10-12-18)27(29)30/h2-3,6-7,9-12,14,20,23H,4-5,8,13,15H2,1H3/t20-,23-/m0/s1. The third kappa shape index (κ3) is 3.50. The first-order valence-corrected chi connectivity index (χ1v) is 12.3. The van der Waals surface area contributed by atoms with Gasteiger partial charge in [0.15, 0.2) is 0 Å². The van der Waals surface area contributed by atoms with Crippen molar-refractivity contribution in [3.8, 4) is 0 Å². The molecule has 2 aromatic carbocycles. The number of amides is 1. The van der Waals surface area contributed by atoms with Crippen LogP contribution in [0.3, 0.4) is 0 Å². The zero-order valence-electron chi connectivity index (χ0n) is 18.1. The molecule has 0 saturated carbocycles. The van der Waals surface area contributed by atoms with Gasteiger partial charge in [0.25, 0.3) is 5.69 Å². The number of carbonyl (C=O) groups excluding carboxylic acids is 1. The van der Waals surface area contributed by atoms with Crippen molar-refractivity contribution in [3.05, 3.63) is 70.4 Å². The zero-order valence-corrected chi connectivity index (χ0v) is 18.9. The number of aryl methyl sites for hydroxylation is 1. The Morgan fingerprint density at radius 1 is 1.06 bits per heavy atom. The molecule has 0 spiro atoms. The van der Waals surface area contributed by atoms with E-state index >= 15 is 0 Å². The van der Waals surface area contributed by atoms with Gasteiger partial charge in [0.05, 0.1) is 28.4 Å². The van der Waals surface area contributed by atoms with Crippen molar-refractivity contribution >= 4 is 32.5 Å². The Labute approximate surface area is 191 Å². The molecule has 2 fully saturated rings. The van der Waals surface area contributed by atoms with Crippen LogP contribution in [-0.4, -0.2) is 52.2 Å². The number of piperazine rings is 1. The molecular formula is C23H24N4O5S. The highest BCUT2D eigenvalue weighted by Crippen LogP contribution is 2.41. The van der Waals surface area contributed by atoms with E-state index in [1.54, 1.807) is 0 Å². The third-order valence-corrected chi connectivity index (χ3v) is 8.66. The van der Waals surface area contributed by atoms with Crippen molar-refractivity contribution in [2.75, 3.05) is 13.1 Å². The number of sulfonamides is 1. The van der Waals surface area contributed by atoms with Gasteiger partial charge in [0.1, 0.15) is 0 Å². The molecule has 1 amide bonds. The number of carbonyl (C=O) groups is 1. The van der Waals surface area contributed by atoms with E-state index in [1.807, 2.05) is 46.8 Å². The molecule has 10 heteroatoms. The van der Waals surface area contributed by atoms with Crippen molar-refractivity contribution in [2.24, 2.45) is 7.05 Å².